The van der Waals surface area contributed by atoms with Crippen LogP contribution in [0.5, 0.6) is 0 Å². The lowest BCUT2D eigenvalue weighted by Gasteiger charge is -2.18. The first-order chi connectivity index (χ1) is 14.3. The van der Waals surface area contributed by atoms with Gasteiger partial charge in [-0.2, -0.15) is 4.98 Å². The number of hydrogen-bond donors (Lipinski definition) is 3. The summed E-state index contributed by atoms with van der Waals surface area (Å²) in [5.74, 6) is 2.47. The first-order valence-corrected chi connectivity index (χ1v) is 9.87. The molecule has 5 rings (SSSR count). The predicted molar refractivity (Wildman–Crippen MR) is 110 cm³/mol. The predicted octanol–water partition coefficient (Wildman–Crippen LogP) is 3.60. The first-order valence-electron chi connectivity index (χ1n) is 9.87. The van der Waals surface area contributed by atoms with Crippen LogP contribution in [-0.2, 0) is 0 Å². The summed E-state index contributed by atoms with van der Waals surface area (Å²) in [6.45, 7) is 3.67. The van der Waals surface area contributed by atoms with E-state index in [0.29, 0.717) is 17.6 Å². The topological polar surface area (TPSA) is 88.1 Å². The molecule has 0 radical (unpaired) electrons. The summed E-state index contributed by atoms with van der Waals surface area (Å²) in [6, 6.07) is 20.1. The van der Waals surface area contributed by atoms with E-state index in [2.05, 4.69) is 38.4 Å². The van der Waals surface area contributed by atoms with Gasteiger partial charge >= 0.3 is 0 Å². The van der Waals surface area contributed by atoms with E-state index in [0.717, 1.165) is 35.4 Å². The van der Waals surface area contributed by atoms with Crippen molar-refractivity contribution >= 4 is 11.0 Å². The fraction of sp³-hybridized carbons (Fsp3) is 0.273. The molecule has 29 heavy (non-hydrogen) atoms. The lowest BCUT2D eigenvalue weighted by molar-refractivity contribution is 0.318. The number of fused-ring (bicyclic) bond motifs is 1. The van der Waals surface area contributed by atoms with Gasteiger partial charge in [0.25, 0.3) is 0 Å². The van der Waals surface area contributed by atoms with Crippen LogP contribution in [0.3, 0.4) is 0 Å². The Bertz CT molecular complexity index is 1060. The van der Waals surface area contributed by atoms with Crippen molar-refractivity contribution < 1.29 is 8.94 Å². The number of hydrogen-bond acceptors (Lipinski definition) is 7. The Morgan fingerprint density at radius 2 is 1.97 bits per heavy atom. The van der Waals surface area contributed by atoms with Crippen LogP contribution in [0.25, 0.3) is 22.4 Å². The monoisotopic (exact) mass is 389 g/mol. The van der Waals surface area contributed by atoms with Crippen molar-refractivity contribution in [3.63, 3.8) is 0 Å². The number of rotatable bonds is 6. The normalized spacial score (nSPS) is 20.3. The Kier molecular flexibility index (Phi) is 4.85. The lowest BCUT2D eigenvalue weighted by Crippen LogP contribution is -2.30. The van der Waals surface area contributed by atoms with Crippen LogP contribution >= 0.6 is 0 Å². The maximum absolute atomic E-state index is 6.05. The third-order valence-corrected chi connectivity index (χ3v) is 5.37. The van der Waals surface area contributed by atoms with Crippen molar-refractivity contribution in [1.29, 1.82) is 0 Å². The van der Waals surface area contributed by atoms with Crippen LogP contribution in [-0.4, -0.2) is 23.2 Å². The molecule has 3 heterocycles. The van der Waals surface area contributed by atoms with Crippen molar-refractivity contribution in [2.75, 3.05) is 13.1 Å². The summed E-state index contributed by atoms with van der Waals surface area (Å²) in [6.07, 6.45) is 0. The number of furan rings is 1. The average molecular weight is 389 g/mol. The van der Waals surface area contributed by atoms with Crippen LogP contribution in [0.4, 0.5) is 0 Å². The Hall–Kier alpha value is -3.00. The molecule has 3 unspecified atom stereocenters. The fourth-order valence-corrected chi connectivity index (χ4v) is 3.72. The molecule has 148 valence electrons. The number of benzene rings is 2. The van der Waals surface area contributed by atoms with Crippen LogP contribution in [0.2, 0.25) is 0 Å². The standard InChI is InChI=1S/C22H23N5O2/c1-14(22-25-21(27-29-22)15-7-3-2-4-8-15)23-12-17-13-24-26-20(17)19-11-16-9-5-6-10-18(16)28-19/h2-11,14,17,20,23-24,26H,12-13H2,1H3. The van der Waals surface area contributed by atoms with E-state index in [1.807, 2.05) is 55.5 Å². The zero-order valence-corrected chi connectivity index (χ0v) is 16.1. The van der Waals surface area contributed by atoms with E-state index < -0.39 is 0 Å². The molecule has 0 aliphatic carbocycles. The number of hydrazine groups is 1. The number of aromatic nitrogens is 2. The maximum atomic E-state index is 6.05. The summed E-state index contributed by atoms with van der Waals surface area (Å²) in [4.78, 5) is 4.54. The van der Waals surface area contributed by atoms with Gasteiger partial charge < -0.3 is 14.3 Å². The largest absolute Gasteiger partial charge is 0.459 e. The highest BCUT2D eigenvalue weighted by Crippen LogP contribution is 2.30. The average Bonchev–Trinajstić information content (AvgIpc) is 3.51. The van der Waals surface area contributed by atoms with E-state index in [1.54, 1.807) is 0 Å². The van der Waals surface area contributed by atoms with Crippen LogP contribution in [0.1, 0.15) is 30.7 Å². The molecule has 1 aliphatic rings. The number of para-hydroxylation sites is 1. The molecule has 0 amide bonds. The van der Waals surface area contributed by atoms with Gasteiger partial charge in [-0.05, 0) is 19.1 Å². The maximum Gasteiger partial charge on any atom is 0.243 e. The molecule has 7 nitrogen and oxygen atoms in total. The zero-order chi connectivity index (χ0) is 19.6. The minimum atomic E-state index is -0.0446. The fourth-order valence-electron chi connectivity index (χ4n) is 3.72. The van der Waals surface area contributed by atoms with Gasteiger partial charge in [-0.3, -0.25) is 5.43 Å². The van der Waals surface area contributed by atoms with Crippen LogP contribution < -0.4 is 16.2 Å². The van der Waals surface area contributed by atoms with Gasteiger partial charge in [0.2, 0.25) is 11.7 Å². The van der Waals surface area contributed by atoms with Crippen molar-refractivity contribution in [2.24, 2.45) is 5.92 Å². The molecular weight excluding hydrogens is 366 g/mol. The zero-order valence-electron chi connectivity index (χ0n) is 16.1. The summed E-state index contributed by atoms with van der Waals surface area (Å²) in [5.41, 5.74) is 8.45. The summed E-state index contributed by atoms with van der Waals surface area (Å²) in [7, 11) is 0. The molecule has 1 aliphatic heterocycles. The highest BCUT2D eigenvalue weighted by atomic mass is 16.5. The smallest absolute Gasteiger partial charge is 0.243 e. The summed E-state index contributed by atoms with van der Waals surface area (Å²) < 4.78 is 11.5. The minimum absolute atomic E-state index is 0.0446. The Labute approximate surface area is 168 Å². The lowest BCUT2D eigenvalue weighted by atomic mass is 9.99. The molecule has 1 saturated heterocycles. The van der Waals surface area contributed by atoms with E-state index in [-0.39, 0.29) is 12.1 Å². The highest BCUT2D eigenvalue weighted by molar-refractivity contribution is 5.77. The van der Waals surface area contributed by atoms with Gasteiger partial charge in [0.05, 0.1) is 12.1 Å². The van der Waals surface area contributed by atoms with Gasteiger partial charge in [-0.25, -0.2) is 5.43 Å². The molecule has 1 fully saturated rings. The van der Waals surface area contributed by atoms with Gasteiger partial charge in [-0.15, -0.1) is 0 Å². The van der Waals surface area contributed by atoms with Gasteiger partial charge in [-0.1, -0.05) is 53.7 Å². The van der Waals surface area contributed by atoms with Crippen molar-refractivity contribution in [3.05, 3.63) is 72.3 Å². The second-order valence-corrected chi connectivity index (χ2v) is 7.40. The molecule has 7 heteroatoms. The second kappa shape index (κ2) is 7.79. The van der Waals surface area contributed by atoms with E-state index in [1.165, 1.54) is 0 Å². The van der Waals surface area contributed by atoms with Crippen molar-refractivity contribution in [1.82, 2.24) is 26.3 Å². The number of nitrogens with zero attached hydrogens (tertiary/aromatic N) is 2. The van der Waals surface area contributed by atoms with Gasteiger partial charge in [0.15, 0.2) is 0 Å². The molecule has 0 spiro atoms. The third-order valence-electron chi connectivity index (χ3n) is 5.37. The van der Waals surface area contributed by atoms with Crippen molar-refractivity contribution in [3.8, 4) is 11.4 Å². The molecular formula is C22H23N5O2. The molecule has 0 saturated carbocycles. The SMILES string of the molecule is CC(NCC1CNNC1c1cc2ccccc2o1)c1nc(-c2ccccc2)no1. The van der Waals surface area contributed by atoms with E-state index in [4.69, 9.17) is 8.94 Å². The first kappa shape index (κ1) is 18.1. The molecule has 4 aromatic rings. The summed E-state index contributed by atoms with van der Waals surface area (Å²) >= 11 is 0. The van der Waals surface area contributed by atoms with Gasteiger partial charge in [0, 0.05) is 30.0 Å². The number of nitrogens with one attached hydrogen (secondary N) is 3. The molecule has 3 N–H and O–H groups in total. The Morgan fingerprint density at radius 1 is 1.14 bits per heavy atom. The quantitative estimate of drug-likeness (QED) is 0.464. The Morgan fingerprint density at radius 3 is 2.83 bits per heavy atom. The van der Waals surface area contributed by atoms with Crippen LogP contribution in [0, 0.1) is 5.92 Å². The molecule has 0 bridgehead atoms. The van der Waals surface area contributed by atoms with E-state index in [9.17, 15) is 0 Å². The van der Waals surface area contributed by atoms with Crippen molar-refractivity contribution in [2.45, 2.75) is 19.0 Å². The molecule has 2 aromatic carbocycles. The molecule has 2 aromatic heterocycles. The minimum Gasteiger partial charge on any atom is -0.459 e. The van der Waals surface area contributed by atoms with Crippen LogP contribution in [0.15, 0.2) is 69.6 Å². The molecule has 3 atom stereocenters. The summed E-state index contributed by atoms with van der Waals surface area (Å²) in [5, 5.41) is 8.75. The second-order valence-electron chi connectivity index (χ2n) is 7.40. The van der Waals surface area contributed by atoms with E-state index >= 15 is 0 Å². The van der Waals surface area contributed by atoms with Gasteiger partial charge in [0.1, 0.15) is 11.3 Å². The highest BCUT2D eigenvalue weighted by Gasteiger charge is 2.31. The Balaban J connectivity index is 1.25. The third kappa shape index (κ3) is 3.67.